The highest BCUT2D eigenvalue weighted by Gasteiger charge is 2.11. The van der Waals surface area contributed by atoms with Crippen molar-refractivity contribution < 1.29 is 5.11 Å². The number of aliphatic hydroxyl groups excluding tert-OH is 1. The quantitative estimate of drug-likeness (QED) is 0.579. The average Bonchev–Trinajstić information content (AvgIpc) is 1.62. The summed E-state index contributed by atoms with van der Waals surface area (Å²) in [5, 5.41) is 11.9. The predicted molar refractivity (Wildman–Crippen MR) is 39.4 cm³/mol. The summed E-state index contributed by atoms with van der Waals surface area (Å²) in [5.74, 6) is 0. The lowest BCUT2D eigenvalue weighted by Crippen LogP contribution is -2.43. The number of hydrogen-bond acceptors (Lipinski definition) is 2. The van der Waals surface area contributed by atoms with Crippen molar-refractivity contribution in [3.05, 3.63) is 0 Å². The van der Waals surface area contributed by atoms with Crippen LogP contribution >= 0.6 is 0 Å². The van der Waals surface area contributed by atoms with Crippen LogP contribution in [0.5, 0.6) is 0 Å². The summed E-state index contributed by atoms with van der Waals surface area (Å²) < 4.78 is 0. The molecular formula is C7H17NO. The molecule has 0 saturated heterocycles. The largest absolute Gasteiger partial charge is 0.395 e. The Morgan fingerprint density at radius 1 is 1.44 bits per heavy atom. The maximum Gasteiger partial charge on any atom is 0.0582 e. The molecule has 0 radical (unpaired) electrons. The Bertz CT molecular complexity index is 75.5. The molecule has 1 unspecified atom stereocenters. The lowest BCUT2D eigenvalue weighted by Gasteiger charge is -2.24. The fraction of sp³-hybridized carbons (Fsp3) is 1.00. The van der Waals surface area contributed by atoms with Gasteiger partial charge in [-0.15, -0.1) is 0 Å². The van der Waals surface area contributed by atoms with Crippen molar-refractivity contribution in [3.8, 4) is 0 Å². The molecule has 0 heterocycles. The van der Waals surface area contributed by atoms with Gasteiger partial charge in [0.1, 0.15) is 0 Å². The van der Waals surface area contributed by atoms with E-state index in [1.165, 1.54) is 0 Å². The average molecular weight is 131 g/mol. The molecule has 0 aliphatic rings. The third kappa shape index (κ3) is 5.80. The van der Waals surface area contributed by atoms with E-state index in [1.807, 2.05) is 6.92 Å². The van der Waals surface area contributed by atoms with E-state index in [9.17, 15) is 0 Å². The van der Waals surface area contributed by atoms with Crippen LogP contribution in [-0.4, -0.2) is 23.3 Å². The van der Waals surface area contributed by atoms with Gasteiger partial charge in [-0.3, -0.25) is 0 Å². The first kappa shape index (κ1) is 8.92. The van der Waals surface area contributed by atoms with Gasteiger partial charge in [0.25, 0.3) is 0 Å². The highest BCUT2D eigenvalue weighted by Crippen LogP contribution is 1.99. The first-order valence-corrected chi connectivity index (χ1v) is 3.34. The van der Waals surface area contributed by atoms with Crippen LogP contribution in [0.25, 0.3) is 0 Å². The Morgan fingerprint density at radius 3 is 2.00 bits per heavy atom. The molecule has 2 heteroatoms. The van der Waals surface area contributed by atoms with Crippen LogP contribution in [-0.2, 0) is 0 Å². The zero-order chi connectivity index (χ0) is 7.49. The van der Waals surface area contributed by atoms with Crippen LogP contribution < -0.4 is 5.32 Å². The Labute approximate surface area is 57.3 Å². The molecule has 9 heavy (non-hydrogen) atoms. The predicted octanol–water partition coefficient (Wildman–Crippen LogP) is 0.755. The van der Waals surface area contributed by atoms with Gasteiger partial charge in [-0.25, -0.2) is 0 Å². The van der Waals surface area contributed by atoms with Crippen molar-refractivity contribution in [2.75, 3.05) is 6.61 Å². The van der Waals surface area contributed by atoms with E-state index < -0.39 is 0 Å². The van der Waals surface area contributed by atoms with E-state index in [1.54, 1.807) is 0 Å². The fourth-order valence-corrected chi connectivity index (χ4v) is 0.785. The Hall–Kier alpha value is -0.0800. The minimum atomic E-state index is 0.113. The monoisotopic (exact) mass is 131 g/mol. The smallest absolute Gasteiger partial charge is 0.0582 e. The fourth-order valence-electron chi connectivity index (χ4n) is 0.785. The highest BCUT2D eigenvalue weighted by molar-refractivity contribution is 4.74. The molecule has 0 aliphatic carbocycles. The molecule has 0 spiro atoms. The van der Waals surface area contributed by atoms with Gasteiger partial charge in [-0.05, 0) is 27.7 Å². The van der Waals surface area contributed by atoms with Crippen molar-refractivity contribution >= 4 is 0 Å². The summed E-state index contributed by atoms with van der Waals surface area (Å²) in [5.41, 5.74) is 0.113. The first-order chi connectivity index (χ1) is 3.95. The molecular weight excluding hydrogens is 114 g/mol. The van der Waals surface area contributed by atoms with E-state index >= 15 is 0 Å². The van der Waals surface area contributed by atoms with E-state index in [4.69, 9.17) is 5.11 Å². The zero-order valence-corrected chi connectivity index (χ0v) is 6.73. The van der Waals surface area contributed by atoms with Gasteiger partial charge in [0, 0.05) is 11.6 Å². The number of rotatable bonds is 2. The summed E-state index contributed by atoms with van der Waals surface area (Å²) >= 11 is 0. The van der Waals surface area contributed by atoms with E-state index in [0.29, 0.717) is 0 Å². The van der Waals surface area contributed by atoms with Gasteiger partial charge in [0.15, 0.2) is 0 Å². The van der Waals surface area contributed by atoms with Crippen molar-refractivity contribution in [1.82, 2.24) is 5.32 Å². The van der Waals surface area contributed by atoms with E-state index in [2.05, 4.69) is 26.1 Å². The lowest BCUT2D eigenvalue weighted by atomic mass is 10.1. The normalized spacial score (nSPS) is 15.7. The van der Waals surface area contributed by atoms with Crippen LogP contribution in [0.3, 0.4) is 0 Å². The second-order valence-corrected chi connectivity index (χ2v) is 3.48. The van der Waals surface area contributed by atoms with Gasteiger partial charge in [0.2, 0.25) is 0 Å². The molecule has 1 atom stereocenters. The maximum atomic E-state index is 8.64. The highest BCUT2D eigenvalue weighted by atomic mass is 16.3. The summed E-state index contributed by atoms with van der Waals surface area (Å²) in [6.45, 7) is 8.42. The second-order valence-electron chi connectivity index (χ2n) is 3.48. The summed E-state index contributed by atoms with van der Waals surface area (Å²) in [6, 6.07) is 0.199. The van der Waals surface area contributed by atoms with Gasteiger partial charge in [-0.1, -0.05) is 0 Å². The molecule has 0 amide bonds. The van der Waals surface area contributed by atoms with Crippen molar-refractivity contribution in [1.29, 1.82) is 0 Å². The van der Waals surface area contributed by atoms with Crippen molar-refractivity contribution in [2.45, 2.75) is 39.3 Å². The molecule has 0 aliphatic heterocycles. The lowest BCUT2D eigenvalue weighted by molar-refractivity contribution is 0.225. The standard InChI is InChI=1S/C7H17NO/c1-6(5-9)8-7(2,3)4/h6,8-9H,5H2,1-4H3. The minimum absolute atomic E-state index is 0.113. The molecule has 0 aromatic carbocycles. The van der Waals surface area contributed by atoms with Crippen LogP contribution in [0.15, 0.2) is 0 Å². The molecule has 0 aromatic rings. The number of nitrogens with one attached hydrogen (secondary N) is 1. The minimum Gasteiger partial charge on any atom is -0.395 e. The van der Waals surface area contributed by atoms with Gasteiger partial charge < -0.3 is 10.4 Å². The van der Waals surface area contributed by atoms with E-state index in [0.717, 1.165) is 0 Å². The Balaban J connectivity index is 3.47. The van der Waals surface area contributed by atoms with E-state index in [-0.39, 0.29) is 18.2 Å². The number of hydrogen-bond donors (Lipinski definition) is 2. The zero-order valence-electron chi connectivity index (χ0n) is 6.73. The van der Waals surface area contributed by atoms with Crippen molar-refractivity contribution in [2.24, 2.45) is 0 Å². The maximum absolute atomic E-state index is 8.64. The van der Waals surface area contributed by atoms with Crippen LogP contribution in [0.2, 0.25) is 0 Å². The van der Waals surface area contributed by atoms with Crippen molar-refractivity contribution in [3.63, 3.8) is 0 Å². The summed E-state index contributed by atoms with van der Waals surface area (Å²) in [6.07, 6.45) is 0. The molecule has 0 fully saturated rings. The van der Waals surface area contributed by atoms with Crippen LogP contribution in [0.4, 0.5) is 0 Å². The van der Waals surface area contributed by atoms with Gasteiger partial charge in [-0.2, -0.15) is 0 Å². The Morgan fingerprint density at radius 2 is 1.89 bits per heavy atom. The van der Waals surface area contributed by atoms with Crippen LogP contribution in [0.1, 0.15) is 27.7 Å². The molecule has 2 nitrogen and oxygen atoms in total. The van der Waals surface area contributed by atoms with Crippen LogP contribution in [0, 0.1) is 0 Å². The van der Waals surface area contributed by atoms with Gasteiger partial charge >= 0.3 is 0 Å². The molecule has 0 saturated carbocycles. The van der Waals surface area contributed by atoms with Gasteiger partial charge in [0.05, 0.1) is 6.61 Å². The SMILES string of the molecule is CC(CO)NC(C)(C)C. The summed E-state index contributed by atoms with van der Waals surface area (Å²) in [4.78, 5) is 0. The first-order valence-electron chi connectivity index (χ1n) is 3.34. The molecule has 56 valence electrons. The molecule has 0 aromatic heterocycles. The molecule has 0 bridgehead atoms. The second kappa shape index (κ2) is 3.18. The molecule has 0 rings (SSSR count). The Kier molecular flexibility index (Phi) is 3.15. The summed E-state index contributed by atoms with van der Waals surface area (Å²) in [7, 11) is 0. The molecule has 2 N–H and O–H groups in total. The topological polar surface area (TPSA) is 32.3 Å². The third-order valence-corrected chi connectivity index (χ3v) is 0.953. The number of aliphatic hydroxyl groups is 1. The third-order valence-electron chi connectivity index (χ3n) is 0.953.